The minimum atomic E-state index is -0.345. The summed E-state index contributed by atoms with van der Waals surface area (Å²) in [5, 5.41) is 5.98. The average molecular weight is 347 g/mol. The highest BCUT2D eigenvalue weighted by Gasteiger charge is 2.28. The first-order valence-electron chi connectivity index (χ1n) is 8.39. The van der Waals surface area contributed by atoms with Crippen molar-refractivity contribution >= 4 is 17.2 Å². The first-order valence-corrected chi connectivity index (χ1v) is 9.27. The van der Waals surface area contributed by atoms with Crippen LogP contribution in [-0.2, 0) is 11.2 Å². The molecule has 1 aromatic heterocycles. The second-order valence-electron chi connectivity index (χ2n) is 6.02. The van der Waals surface area contributed by atoms with E-state index < -0.39 is 0 Å². The van der Waals surface area contributed by atoms with E-state index in [-0.39, 0.29) is 17.8 Å². The third-order valence-corrected chi connectivity index (χ3v) is 5.15. The lowest BCUT2D eigenvalue weighted by molar-refractivity contribution is -0.127. The van der Waals surface area contributed by atoms with E-state index in [1.165, 1.54) is 18.6 Å². The number of hydrogen-bond donors (Lipinski definition) is 1. The number of aromatic nitrogens is 1. The molecule has 1 saturated heterocycles. The molecule has 1 fully saturated rings. The quantitative estimate of drug-likeness (QED) is 0.873. The summed E-state index contributed by atoms with van der Waals surface area (Å²) in [6.45, 7) is 2.38. The van der Waals surface area contributed by atoms with E-state index in [1.54, 1.807) is 29.7 Å². The molecule has 0 radical (unpaired) electrons. The van der Waals surface area contributed by atoms with Gasteiger partial charge in [0.1, 0.15) is 11.9 Å². The van der Waals surface area contributed by atoms with Crippen molar-refractivity contribution in [1.29, 1.82) is 0 Å². The van der Waals surface area contributed by atoms with Crippen molar-refractivity contribution < 1.29 is 9.18 Å². The van der Waals surface area contributed by atoms with Crippen LogP contribution in [0.15, 0.2) is 35.8 Å². The summed E-state index contributed by atoms with van der Waals surface area (Å²) in [6.07, 6.45) is 5.92. The molecule has 128 valence electrons. The Labute approximate surface area is 145 Å². The lowest BCUT2D eigenvalue weighted by atomic mass is 10.0. The molecule has 1 aliphatic heterocycles. The van der Waals surface area contributed by atoms with Crippen molar-refractivity contribution in [2.45, 2.75) is 31.7 Å². The summed E-state index contributed by atoms with van der Waals surface area (Å²) in [5.41, 5.74) is 0.852. The number of thiazole rings is 1. The summed E-state index contributed by atoms with van der Waals surface area (Å²) in [4.78, 5) is 19.2. The molecule has 6 heteroatoms. The number of carbonyl (C=O) groups is 1. The molecular formula is C18H22FN3OS. The Morgan fingerprint density at radius 3 is 2.67 bits per heavy atom. The molecule has 2 heterocycles. The Bertz CT molecular complexity index is 639. The van der Waals surface area contributed by atoms with Crippen LogP contribution >= 0.6 is 11.3 Å². The predicted octanol–water partition coefficient (Wildman–Crippen LogP) is 3.17. The number of amides is 1. The van der Waals surface area contributed by atoms with Crippen LogP contribution in [-0.4, -0.2) is 35.4 Å². The van der Waals surface area contributed by atoms with Crippen molar-refractivity contribution in [1.82, 2.24) is 15.2 Å². The summed E-state index contributed by atoms with van der Waals surface area (Å²) in [5.74, 6) is -0.291. The van der Waals surface area contributed by atoms with E-state index in [9.17, 15) is 9.18 Å². The predicted molar refractivity (Wildman–Crippen MR) is 93.4 cm³/mol. The number of carbonyl (C=O) groups excluding carboxylic acids is 1. The van der Waals surface area contributed by atoms with E-state index in [2.05, 4.69) is 15.2 Å². The third kappa shape index (κ3) is 4.39. The summed E-state index contributed by atoms with van der Waals surface area (Å²) in [6, 6.07) is 5.94. The van der Waals surface area contributed by atoms with Crippen LogP contribution in [0, 0.1) is 5.82 Å². The number of hydrogen-bond acceptors (Lipinski definition) is 4. The van der Waals surface area contributed by atoms with Gasteiger partial charge in [0, 0.05) is 24.5 Å². The number of benzene rings is 1. The SMILES string of the molecule is O=C(NCCc1nccs1)[C@@H](c1ccc(F)cc1)N1CCCCC1. The Morgan fingerprint density at radius 2 is 2.00 bits per heavy atom. The van der Waals surface area contributed by atoms with Crippen molar-refractivity contribution in [2.24, 2.45) is 0 Å². The lowest BCUT2D eigenvalue weighted by Gasteiger charge is -2.34. The molecule has 4 nitrogen and oxygen atoms in total. The summed E-state index contributed by atoms with van der Waals surface area (Å²) in [7, 11) is 0. The molecule has 2 aromatic rings. The van der Waals surface area contributed by atoms with Crippen LogP contribution in [0.25, 0.3) is 0 Å². The van der Waals surface area contributed by atoms with Gasteiger partial charge in [-0.2, -0.15) is 0 Å². The zero-order valence-corrected chi connectivity index (χ0v) is 14.4. The smallest absolute Gasteiger partial charge is 0.241 e. The second-order valence-corrected chi connectivity index (χ2v) is 7.00. The summed E-state index contributed by atoms with van der Waals surface area (Å²) < 4.78 is 13.2. The highest BCUT2D eigenvalue weighted by molar-refractivity contribution is 7.09. The number of nitrogens with one attached hydrogen (secondary N) is 1. The van der Waals surface area contributed by atoms with Crippen LogP contribution in [0.4, 0.5) is 4.39 Å². The summed E-state index contributed by atoms with van der Waals surface area (Å²) >= 11 is 1.59. The van der Waals surface area contributed by atoms with Crippen molar-refractivity contribution in [3.63, 3.8) is 0 Å². The standard InChI is InChI=1S/C18H22FN3OS/c19-15-6-4-14(5-7-15)17(22-11-2-1-3-12-22)18(23)21-9-8-16-20-10-13-24-16/h4-7,10,13,17H,1-3,8-9,11-12H2,(H,21,23)/t17-/m1/s1. The van der Waals surface area contributed by atoms with Gasteiger partial charge in [0.05, 0.1) is 5.01 Å². The fourth-order valence-electron chi connectivity index (χ4n) is 3.12. The van der Waals surface area contributed by atoms with Gasteiger partial charge in [-0.05, 0) is 43.6 Å². The van der Waals surface area contributed by atoms with Gasteiger partial charge in [0.15, 0.2) is 0 Å². The largest absolute Gasteiger partial charge is 0.354 e. The molecule has 0 bridgehead atoms. The number of rotatable bonds is 6. The molecule has 0 unspecified atom stereocenters. The zero-order chi connectivity index (χ0) is 16.8. The highest BCUT2D eigenvalue weighted by Crippen LogP contribution is 2.25. The van der Waals surface area contributed by atoms with Gasteiger partial charge < -0.3 is 5.32 Å². The minimum Gasteiger partial charge on any atom is -0.354 e. The molecule has 1 amide bonds. The van der Waals surface area contributed by atoms with E-state index in [0.717, 1.165) is 42.9 Å². The molecule has 1 atom stereocenters. The van der Waals surface area contributed by atoms with Crippen LogP contribution in [0.5, 0.6) is 0 Å². The van der Waals surface area contributed by atoms with Crippen molar-refractivity contribution in [2.75, 3.05) is 19.6 Å². The van der Waals surface area contributed by atoms with Crippen LogP contribution in [0.3, 0.4) is 0 Å². The Hall–Kier alpha value is -1.79. The molecule has 1 aliphatic rings. The zero-order valence-electron chi connectivity index (χ0n) is 13.6. The Morgan fingerprint density at radius 1 is 1.25 bits per heavy atom. The Kier molecular flexibility index (Phi) is 5.93. The first-order chi connectivity index (χ1) is 11.7. The third-order valence-electron chi connectivity index (χ3n) is 4.31. The number of halogens is 1. The number of nitrogens with zero attached hydrogens (tertiary/aromatic N) is 2. The monoisotopic (exact) mass is 347 g/mol. The van der Waals surface area contributed by atoms with E-state index in [4.69, 9.17) is 0 Å². The molecule has 1 aromatic carbocycles. The maximum atomic E-state index is 13.2. The highest BCUT2D eigenvalue weighted by atomic mass is 32.1. The average Bonchev–Trinajstić information content (AvgIpc) is 3.11. The van der Waals surface area contributed by atoms with Crippen LogP contribution in [0.2, 0.25) is 0 Å². The number of piperidine rings is 1. The van der Waals surface area contributed by atoms with Gasteiger partial charge in [-0.3, -0.25) is 9.69 Å². The normalized spacial score (nSPS) is 16.7. The van der Waals surface area contributed by atoms with Crippen molar-refractivity contribution in [3.8, 4) is 0 Å². The van der Waals surface area contributed by atoms with Gasteiger partial charge in [-0.15, -0.1) is 11.3 Å². The maximum absolute atomic E-state index is 13.2. The molecule has 0 aliphatic carbocycles. The molecule has 0 spiro atoms. The van der Waals surface area contributed by atoms with Crippen LogP contribution < -0.4 is 5.32 Å². The van der Waals surface area contributed by atoms with Crippen LogP contribution in [0.1, 0.15) is 35.9 Å². The lowest BCUT2D eigenvalue weighted by Crippen LogP contribution is -2.43. The van der Waals surface area contributed by atoms with E-state index in [1.807, 2.05) is 5.38 Å². The topological polar surface area (TPSA) is 45.2 Å². The van der Waals surface area contributed by atoms with Gasteiger partial charge in [0.25, 0.3) is 0 Å². The van der Waals surface area contributed by atoms with Gasteiger partial charge in [-0.25, -0.2) is 9.37 Å². The first kappa shape index (κ1) is 17.0. The number of likely N-dealkylation sites (tertiary alicyclic amines) is 1. The van der Waals surface area contributed by atoms with E-state index in [0.29, 0.717) is 6.54 Å². The fraction of sp³-hybridized carbons (Fsp3) is 0.444. The molecule has 1 N–H and O–H groups in total. The van der Waals surface area contributed by atoms with Crippen molar-refractivity contribution in [3.05, 3.63) is 52.2 Å². The fourth-order valence-corrected chi connectivity index (χ4v) is 3.74. The van der Waals surface area contributed by atoms with Gasteiger partial charge in [0.2, 0.25) is 5.91 Å². The minimum absolute atomic E-state index is 0.0138. The molecular weight excluding hydrogens is 325 g/mol. The molecule has 24 heavy (non-hydrogen) atoms. The Balaban J connectivity index is 1.68. The van der Waals surface area contributed by atoms with Gasteiger partial charge in [-0.1, -0.05) is 18.6 Å². The maximum Gasteiger partial charge on any atom is 0.241 e. The molecule has 3 rings (SSSR count). The van der Waals surface area contributed by atoms with E-state index >= 15 is 0 Å². The van der Waals surface area contributed by atoms with Gasteiger partial charge >= 0.3 is 0 Å². The second kappa shape index (κ2) is 8.35. The molecule has 0 saturated carbocycles.